The zero-order valence-electron chi connectivity index (χ0n) is 10.5. The summed E-state index contributed by atoms with van der Waals surface area (Å²) in [6.07, 6.45) is 0. The van der Waals surface area contributed by atoms with E-state index in [0.29, 0.717) is 13.2 Å². The van der Waals surface area contributed by atoms with E-state index in [1.807, 2.05) is 35.6 Å². The van der Waals surface area contributed by atoms with Crippen LogP contribution in [0.4, 0.5) is 0 Å². The van der Waals surface area contributed by atoms with Crippen molar-refractivity contribution in [1.29, 1.82) is 0 Å². The fraction of sp³-hybridized carbons (Fsp3) is 0.231. The van der Waals surface area contributed by atoms with Crippen LogP contribution in [0.15, 0.2) is 29.6 Å². The van der Waals surface area contributed by atoms with Crippen LogP contribution in [0.2, 0.25) is 0 Å². The SMILES string of the molecule is CCOc1ccccc1-c1csc2nnc(CN)n12. The van der Waals surface area contributed by atoms with Gasteiger partial charge in [-0.15, -0.1) is 21.5 Å². The van der Waals surface area contributed by atoms with E-state index in [2.05, 4.69) is 15.6 Å². The van der Waals surface area contributed by atoms with Crippen LogP contribution in [-0.2, 0) is 6.54 Å². The van der Waals surface area contributed by atoms with Gasteiger partial charge in [0.05, 0.1) is 18.8 Å². The topological polar surface area (TPSA) is 65.4 Å². The Morgan fingerprint density at radius 3 is 2.95 bits per heavy atom. The normalized spacial score (nSPS) is 11.1. The average Bonchev–Trinajstić information content (AvgIpc) is 3.01. The molecule has 0 aliphatic heterocycles. The molecule has 3 rings (SSSR count). The molecule has 5 nitrogen and oxygen atoms in total. The summed E-state index contributed by atoms with van der Waals surface area (Å²) in [7, 11) is 0. The van der Waals surface area contributed by atoms with Gasteiger partial charge in [-0.3, -0.25) is 4.40 Å². The van der Waals surface area contributed by atoms with Crippen molar-refractivity contribution in [3.63, 3.8) is 0 Å². The molecule has 6 heteroatoms. The Morgan fingerprint density at radius 2 is 2.16 bits per heavy atom. The van der Waals surface area contributed by atoms with E-state index in [1.165, 1.54) is 0 Å². The molecule has 0 unspecified atom stereocenters. The first kappa shape index (κ1) is 12.1. The molecule has 2 N–H and O–H groups in total. The highest BCUT2D eigenvalue weighted by atomic mass is 32.1. The van der Waals surface area contributed by atoms with E-state index in [9.17, 15) is 0 Å². The maximum atomic E-state index is 5.71. The number of ether oxygens (including phenoxy) is 1. The van der Waals surface area contributed by atoms with E-state index in [4.69, 9.17) is 10.5 Å². The Labute approximate surface area is 114 Å². The van der Waals surface area contributed by atoms with E-state index < -0.39 is 0 Å². The van der Waals surface area contributed by atoms with Crippen LogP contribution < -0.4 is 10.5 Å². The molecule has 2 heterocycles. The van der Waals surface area contributed by atoms with Crippen molar-refractivity contribution < 1.29 is 4.74 Å². The lowest BCUT2D eigenvalue weighted by molar-refractivity contribution is 0.341. The summed E-state index contributed by atoms with van der Waals surface area (Å²) in [5, 5.41) is 10.3. The van der Waals surface area contributed by atoms with Gasteiger partial charge in [-0.1, -0.05) is 12.1 Å². The van der Waals surface area contributed by atoms with Gasteiger partial charge >= 0.3 is 0 Å². The molecule has 0 bridgehead atoms. The Hall–Kier alpha value is -1.92. The van der Waals surface area contributed by atoms with Crippen molar-refractivity contribution in [2.45, 2.75) is 13.5 Å². The molecule has 2 aromatic heterocycles. The molecule has 0 atom stereocenters. The molecule has 0 radical (unpaired) electrons. The minimum atomic E-state index is 0.363. The van der Waals surface area contributed by atoms with Crippen LogP contribution in [0.25, 0.3) is 16.2 Å². The molecule has 0 saturated heterocycles. The molecule has 0 fully saturated rings. The predicted octanol–water partition coefficient (Wildman–Crippen LogP) is 2.32. The maximum absolute atomic E-state index is 5.71. The van der Waals surface area contributed by atoms with Gasteiger partial charge in [0.1, 0.15) is 5.75 Å². The summed E-state index contributed by atoms with van der Waals surface area (Å²) in [5.41, 5.74) is 7.77. The van der Waals surface area contributed by atoms with E-state index in [1.54, 1.807) is 11.3 Å². The highest BCUT2D eigenvalue weighted by Crippen LogP contribution is 2.33. The fourth-order valence-corrected chi connectivity index (χ4v) is 2.90. The van der Waals surface area contributed by atoms with Crippen LogP contribution in [0.1, 0.15) is 12.7 Å². The summed E-state index contributed by atoms with van der Waals surface area (Å²) >= 11 is 1.55. The Morgan fingerprint density at radius 1 is 1.32 bits per heavy atom. The zero-order valence-corrected chi connectivity index (χ0v) is 11.4. The highest BCUT2D eigenvalue weighted by molar-refractivity contribution is 7.15. The molecular weight excluding hydrogens is 260 g/mol. The smallest absolute Gasteiger partial charge is 0.216 e. The molecule has 0 spiro atoms. The Bertz CT molecular complexity index is 704. The van der Waals surface area contributed by atoms with Gasteiger partial charge in [-0.25, -0.2) is 0 Å². The summed E-state index contributed by atoms with van der Waals surface area (Å²) in [6, 6.07) is 7.96. The van der Waals surface area contributed by atoms with Gasteiger partial charge in [0.2, 0.25) is 4.96 Å². The van der Waals surface area contributed by atoms with Gasteiger partial charge < -0.3 is 10.5 Å². The first-order valence-corrected chi connectivity index (χ1v) is 6.97. The number of aromatic nitrogens is 3. The molecule has 1 aromatic carbocycles. The third-order valence-electron chi connectivity index (χ3n) is 2.86. The van der Waals surface area contributed by atoms with E-state index in [-0.39, 0.29) is 0 Å². The van der Waals surface area contributed by atoms with Gasteiger partial charge in [0.25, 0.3) is 0 Å². The number of hydrogen-bond donors (Lipinski definition) is 1. The number of nitrogens with zero attached hydrogens (tertiary/aromatic N) is 3. The minimum Gasteiger partial charge on any atom is -0.493 e. The van der Waals surface area contributed by atoms with Crippen molar-refractivity contribution in [1.82, 2.24) is 14.6 Å². The van der Waals surface area contributed by atoms with E-state index in [0.717, 1.165) is 27.8 Å². The van der Waals surface area contributed by atoms with Gasteiger partial charge in [-0.05, 0) is 19.1 Å². The number of benzene rings is 1. The number of thiazole rings is 1. The van der Waals surface area contributed by atoms with Gasteiger partial charge in [-0.2, -0.15) is 0 Å². The van der Waals surface area contributed by atoms with Crippen LogP contribution in [-0.4, -0.2) is 21.2 Å². The molecule has 19 heavy (non-hydrogen) atoms. The first-order valence-electron chi connectivity index (χ1n) is 6.09. The number of nitrogens with two attached hydrogens (primary N) is 1. The third-order valence-corrected chi connectivity index (χ3v) is 3.68. The van der Waals surface area contributed by atoms with Crippen LogP contribution in [0.3, 0.4) is 0 Å². The maximum Gasteiger partial charge on any atom is 0.216 e. The monoisotopic (exact) mass is 274 g/mol. The second-order valence-corrected chi connectivity index (χ2v) is 4.83. The summed E-state index contributed by atoms with van der Waals surface area (Å²) in [4.78, 5) is 0.849. The Balaban J connectivity index is 2.21. The average molecular weight is 274 g/mol. The largest absolute Gasteiger partial charge is 0.493 e. The molecule has 0 amide bonds. The van der Waals surface area contributed by atoms with Crippen LogP contribution in [0.5, 0.6) is 5.75 Å². The van der Waals surface area contributed by atoms with Crippen molar-refractivity contribution in [2.75, 3.05) is 6.61 Å². The quantitative estimate of drug-likeness (QED) is 0.793. The lowest BCUT2D eigenvalue weighted by Gasteiger charge is -2.09. The molecular formula is C13H14N4OS. The van der Waals surface area contributed by atoms with Gasteiger partial charge in [0, 0.05) is 10.9 Å². The predicted molar refractivity (Wildman–Crippen MR) is 75.4 cm³/mol. The van der Waals surface area contributed by atoms with Crippen molar-refractivity contribution in [3.8, 4) is 17.0 Å². The molecule has 0 aliphatic rings. The van der Waals surface area contributed by atoms with Gasteiger partial charge in [0.15, 0.2) is 5.82 Å². The van der Waals surface area contributed by atoms with Crippen LogP contribution >= 0.6 is 11.3 Å². The Kier molecular flexibility index (Phi) is 3.18. The number of hydrogen-bond acceptors (Lipinski definition) is 5. The molecule has 0 saturated carbocycles. The summed E-state index contributed by atoms with van der Waals surface area (Å²) < 4.78 is 7.67. The zero-order chi connectivity index (χ0) is 13.2. The first-order chi connectivity index (χ1) is 9.35. The van der Waals surface area contributed by atoms with Crippen LogP contribution in [0, 0.1) is 0 Å². The molecule has 3 aromatic rings. The standard InChI is InChI=1S/C13H14N4OS/c1-2-18-11-6-4-3-5-9(11)10-8-19-13-16-15-12(7-14)17(10)13/h3-6,8H,2,7,14H2,1H3. The van der Waals surface area contributed by atoms with E-state index >= 15 is 0 Å². The molecule has 0 aliphatic carbocycles. The number of fused-ring (bicyclic) bond motifs is 1. The lowest BCUT2D eigenvalue weighted by Crippen LogP contribution is -2.03. The summed E-state index contributed by atoms with van der Waals surface area (Å²) in [6.45, 7) is 2.97. The summed E-state index contributed by atoms with van der Waals surface area (Å²) in [5.74, 6) is 1.62. The van der Waals surface area contributed by atoms with Crippen molar-refractivity contribution in [3.05, 3.63) is 35.5 Å². The second kappa shape index (κ2) is 4.99. The third kappa shape index (κ3) is 1.98. The minimum absolute atomic E-state index is 0.363. The fourth-order valence-electron chi connectivity index (χ4n) is 2.06. The molecule has 98 valence electrons. The number of rotatable bonds is 4. The highest BCUT2D eigenvalue weighted by Gasteiger charge is 2.15. The van der Waals surface area contributed by atoms with Crippen molar-refractivity contribution in [2.24, 2.45) is 5.73 Å². The number of para-hydroxylation sites is 1. The van der Waals surface area contributed by atoms with Crippen molar-refractivity contribution >= 4 is 16.3 Å². The lowest BCUT2D eigenvalue weighted by atomic mass is 10.1. The second-order valence-electron chi connectivity index (χ2n) is 3.99.